The van der Waals surface area contributed by atoms with Crippen molar-refractivity contribution in [3.63, 3.8) is 0 Å². The highest BCUT2D eigenvalue weighted by Gasteiger charge is 2.26. The van der Waals surface area contributed by atoms with Crippen LogP contribution in [0.2, 0.25) is 0 Å². The van der Waals surface area contributed by atoms with E-state index in [1.54, 1.807) is 0 Å². The molecule has 2 atom stereocenters. The smallest absolute Gasteiger partial charge is 0.147 e. The van der Waals surface area contributed by atoms with Gasteiger partial charge in [0, 0.05) is 25.2 Å². The first kappa shape index (κ1) is 13.5. The SMILES string of the molecule is CCCNC(CC)C(C)N1CCn2cnnc2C1. The summed E-state index contributed by atoms with van der Waals surface area (Å²) in [6.45, 7) is 10.9. The maximum atomic E-state index is 4.19. The van der Waals surface area contributed by atoms with Gasteiger partial charge in [-0.1, -0.05) is 13.8 Å². The van der Waals surface area contributed by atoms with Crippen LogP contribution in [-0.2, 0) is 13.1 Å². The normalized spacial score (nSPS) is 19.5. The molecular weight excluding hydrogens is 226 g/mol. The van der Waals surface area contributed by atoms with Gasteiger partial charge < -0.3 is 9.88 Å². The number of hydrogen-bond acceptors (Lipinski definition) is 4. The zero-order chi connectivity index (χ0) is 13.0. The first-order valence-electron chi connectivity index (χ1n) is 7.10. The molecule has 0 aromatic carbocycles. The van der Waals surface area contributed by atoms with Crippen LogP contribution in [0.25, 0.3) is 0 Å². The minimum Gasteiger partial charge on any atom is -0.315 e. The Hall–Kier alpha value is -0.940. The van der Waals surface area contributed by atoms with E-state index in [-0.39, 0.29) is 0 Å². The van der Waals surface area contributed by atoms with Crippen molar-refractivity contribution >= 4 is 0 Å². The van der Waals surface area contributed by atoms with E-state index < -0.39 is 0 Å². The lowest BCUT2D eigenvalue weighted by molar-refractivity contribution is 0.130. The van der Waals surface area contributed by atoms with Gasteiger partial charge in [-0.15, -0.1) is 10.2 Å². The van der Waals surface area contributed by atoms with Gasteiger partial charge in [-0.05, 0) is 26.3 Å². The van der Waals surface area contributed by atoms with Crippen LogP contribution in [-0.4, -0.2) is 44.8 Å². The molecule has 0 saturated heterocycles. The number of fused-ring (bicyclic) bond motifs is 1. The summed E-state index contributed by atoms with van der Waals surface area (Å²) in [7, 11) is 0. The zero-order valence-corrected chi connectivity index (χ0v) is 11.8. The average Bonchev–Trinajstić information content (AvgIpc) is 2.86. The van der Waals surface area contributed by atoms with Crippen LogP contribution in [0.15, 0.2) is 6.33 Å². The third kappa shape index (κ3) is 2.90. The highest BCUT2D eigenvalue weighted by atomic mass is 15.3. The maximum Gasteiger partial charge on any atom is 0.147 e. The summed E-state index contributed by atoms with van der Waals surface area (Å²) in [5.74, 6) is 1.10. The largest absolute Gasteiger partial charge is 0.315 e. The summed E-state index contributed by atoms with van der Waals surface area (Å²) in [6.07, 6.45) is 4.20. The molecule has 1 aliphatic rings. The Balaban J connectivity index is 1.95. The molecule has 18 heavy (non-hydrogen) atoms. The van der Waals surface area contributed by atoms with Crippen molar-refractivity contribution in [1.82, 2.24) is 25.0 Å². The molecule has 1 aromatic rings. The van der Waals surface area contributed by atoms with E-state index in [9.17, 15) is 0 Å². The Kier molecular flexibility index (Phi) is 4.72. The molecule has 0 bridgehead atoms. The molecule has 0 aliphatic carbocycles. The van der Waals surface area contributed by atoms with Gasteiger partial charge in [-0.2, -0.15) is 0 Å². The van der Waals surface area contributed by atoms with E-state index in [2.05, 4.69) is 45.8 Å². The summed E-state index contributed by atoms with van der Waals surface area (Å²) >= 11 is 0. The molecular formula is C13H25N5. The van der Waals surface area contributed by atoms with Crippen molar-refractivity contribution in [2.75, 3.05) is 13.1 Å². The van der Waals surface area contributed by atoms with Gasteiger partial charge in [0.05, 0.1) is 6.54 Å². The van der Waals surface area contributed by atoms with Crippen molar-refractivity contribution in [2.24, 2.45) is 0 Å². The first-order chi connectivity index (χ1) is 8.76. The van der Waals surface area contributed by atoms with E-state index in [0.29, 0.717) is 12.1 Å². The fraction of sp³-hybridized carbons (Fsp3) is 0.846. The van der Waals surface area contributed by atoms with Crippen LogP contribution in [0.3, 0.4) is 0 Å². The molecule has 0 fully saturated rings. The lowest BCUT2D eigenvalue weighted by atomic mass is 10.0. The molecule has 0 spiro atoms. The molecule has 0 radical (unpaired) electrons. The number of hydrogen-bond donors (Lipinski definition) is 1. The number of nitrogens with one attached hydrogen (secondary N) is 1. The summed E-state index contributed by atoms with van der Waals surface area (Å²) < 4.78 is 2.16. The Morgan fingerprint density at radius 1 is 1.39 bits per heavy atom. The fourth-order valence-corrected chi connectivity index (χ4v) is 2.67. The second-order valence-electron chi connectivity index (χ2n) is 5.12. The number of rotatable bonds is 6. The molecule has 5 nitrogen and oxygen atoms in total. The molecule has 0 amide bonds. The zero-order valence-electron chi connectivity index (χ0n) is 11.8. The van der Waals surface area contributed by atoms with Gasteiger partial charge in [0.25, 0.3) is 0 Å². The van der Waals surface area contributed by atoms with Gasteiger partial charge in [0.1, 0.15) is 12.2 Å². The van der Waals surface area contributed by atoms with E-state index in [1.807, 2.05) is 6.33 Å². The minimum absolute atomic E-state index is 0.548. The fourth-order valence-electron chi connectivity index (χ4n) is 2.67. The Labute approximate surface area is 110 Å². The Morgan fingerprint density at radius 2 is 2.22 bits per heavy atom. The highest BCUT2D eigenvalue weighted by Crippen LogP contribution is 2.15. The number of aromatic nitrogens is 3. The number of nitrogens with zero attached hydrogens (tertiary/aromatic N) is 4. The molecule has 1 aromatic heterocycles. The van der Waals surface area contributed by atoms with E-state index >= 15 is 0 Å². The summed E-state index contributed by atoms with van der Waals surface area (Å²) in [5, 5.41) is 11.8. The third-order valence-electron chi connectivity index (χ3n) is 3.92. The monoisotopic (exact) mass is 251 g/mol. The van der Waals surface area contributed by atoms with Crippen molar-refractivity contribution in [3.8, 4) is 0 Å². The van der Waals surface area contributed by atoms with Crippen LogP contribution in [0, 0.1) is 0 Å². The van der Waals surface area contributed by atoms with Crippen LogP contribution < -0.4 is 5.32 Å². The molecule has 1 aliphatic heterocycles. The van der Waals surface area contributed by atoms with Crippen molar-refractivity contribution in [3.05, 3.63) is 12.2 Å². The van der Waals surface area contributed by atoms with Gasteiger partial charge in [-0.25, -0.2) is 0 Å². The van der Waals surface area contributed by atoms with Gasteiger partial charge in [-0.3, -0.25) is 4.90 Å². The lowest BCUT2D eigenvalue weighted by Gasteiger charge is -2.37. The average molecular weight is 251 g/mol. The van der Waals surface area contributed by atoms with Crippen LogP contribution in [0.4, 0.5) is 0 Å². The molecule has 2 heterocycles. The van der Waals surface area contributed by atoms with Crippen molar-refractivity contribution < 1.29 is 0 Å². The van der Waals surface area contributed by atoms with Crippen LogP contribution in [0.5, 0.6) is 0 Å². The molecule has 5 heteroatoms. The summed E-state index contributed by atoms with van der Waals surface area (Å²) in [5.41, 5.74) is 0. The second kappa shape index (κ2) is 6.29. The lowest BCUT2D eigenvalue weighted by Crippen LogP contribution is -2.50. The Bertz CT molecular complexity index is 362. The van der Waals surface area contributed by atoms with Crippen molar-refractivity contribution in [2.45, 2.75) is 58.8 Å². The topological polar surface area (TPSA) is 46.0 Å². The standard InChI is InChI=1S/C13H25N5/c1-4-6-14-12(5-2)11(3)17-7-8-18-10-15-16-13(18)9-17/h10-12,14H,4-9H2,1-3H3. The quantitative estimate of drug-likeness (QED) is 0.827. The molecule has 2 unspecified atom stereocenters. The van der Waals surface area contributed by atoms with Gasteiger partial charge in [0.2, 0.25) is 0 Å². The van der Waals surface area contributed by atoms with Gasteiger partial charge >= 0.3 is 0 Å². The second-order valence-corrected chi connectivity index (χ2v) is 5.12. The maximum absolute atomic E-state index is 4.19. The molecule has 2 rings (SSSR count). The summed E-state index contributed by atoms with van der Waals surface area (Å²) in [4.78, 5) is 2.51. The highest BCUT2D eigenvalue weighted by molar-refractivity contribution is 4.93. The Morgan fingerprint density at radius 3 is 2.94 bits per heavy atom. The first-order valence-corrected chi connectivity index (χ1v) is 7.10. The predicted molar refractivity (Wildman–Crippen MR) is 72.3 cm³/mol. The third-order valence-corrected chi connectivity index (χ3v) is 3.92. The minimum atomic E-state index is 0.548. The van der Waals surface area contributed by atoms with E-state index in [0.717, 1.165) is 32.0 Å². The summed E-state index contributed by atoms with van der Waals surface area (Å²) in [6, 6.07) is 1.12. The van der Waals surface area contributed by atoms with E-state index in [1.165, 1.54) is 12.8 Å². The molecule has 1 N–H and O–H groups in total. The van der Waals surface area contributed by atoms with Crippen LogP contribution >= 0.6 is 0 Å². The van der Waals surface area contributed by atoms with E-state index in [4.69, 9.17) is 0 Å². The molecule has 102 valence electrons. The van der Waals surface area contributed by atoms with Gasteiger partial charge in [0.15, 0.2) is 0 Å². The van der Waals surface area contributed by atoms with Crippen molar-refractivity contribution in [1.29, 1.82) is 0 Å². The van der Waals surface area contributed by atoms with Crippen LogP contribution in [0.1, 0.15) is 39.4 Å². The molecule has 0 saturated carbocycles. The predicted octanol–water partition coefficient (Wildman–Crippen LogP) is 1.26.